The van der Waals surface area contributed by atoms with Crippen molar-refractivity contribution in [2.24, 2.45) is 17.8 Å². The van der Waals surface area contributed by atoms with Crippen LogP contribution in [0.3, 0.4) is 0 Å². The quantitative estimate of drug-likeness (QED) is 0.722. The van der Waals surface area contributed by atoms with Gasteiger partial charge in [-0.15, -0.1) is 11.3 Å². The first kappa shape index (κ1) is 18.9. The van der Waals surface area contributed by atoms with Gasteiger partial charge in [0.05, 0.1) is 11.9 Å². The number of urea groups is 1. The molecule has 2 atom stereocenters. The minimum absolute atomic E-state index is 0.0603. The molecule has 0 aliphatic heterocycles. The van der Waals surface area contributed by atoms with E-state index in [4.69, 9.17) is 0 Å². The third kappa shape index (κ3) is 3.92. The lowest BCUT2D eigenvalue weighted by atomic mass is 9.53. The molecule has 4 fully saturated rings. The lowest BCUT2D eigenvalue weighted by Crippen LogP contribution is -3.12. The minimum atomic E-state index is -0.297. The van der Waals surface area contributed by atoms with Crippen molar-refractivity contribution in [1.82, 2.24) is 10.6 Å². The summed E-state index contributed by atoms with van der Waals surface area (Å²) in [5, 5.41) is 7.93. The Hall–Kier alpha value is -1.40. The topological polar surface area (TPSA) is 62.6 Å². The van der Waals surface area contributed by atoms with Gasteiger partial charge >= 0.3 is 6.03 Å². The van der Waals surface area contributed by atoms with Crippen molar-refractivity contribution < 1.29 is 14.5 Å². The number of nitrogens with one attached hydrogen (secondary N) is 3. The van der Waals surface area contributed by atoms with Crippen LogP contribution in [0.2, 0.25) is 0 Å². The lowest BCUT2D eigenvalue weighted by Gasteiger charge is -2.56. The molecule has 4 aliphatic carbocycles. The number of carbonyl (C=O) groups excluding carboxylic acids is 2. The van der Waals surface area contributed by atoms with Crippen LogP contribution < -0.4 is 15.5 Å². The van der Waals surface area contributed by atoms with Crippen molar-refractivity contribution in [1.29, 1.82) is 0 Å². The van der Waals surface area contributed by atoms with Gasteiger partial charge in [-0.25, -0.2) is 4.79 Å². The standard InChI is InChI=1S/C21H31N3O2S/c1-13-4-5-27-18(13)12-24(3)14(2)19(25)22-20(26)23-21-9-15-6-16(10-21)8-17(7-15)11-21/h4-5,14-17H,6-12H2,1-3H3,(H2,22,23,25,26)/p+1/t14-,15?,16?,17?,21?/m1/s1. The Bertz CT molecular complexity index is 693. The van der Waals surface area contributed by atoms with Gasteiger partial charge in [-0.1, -0.05) is 0 Å². The molecule has 148 valence electrons. The summed E-state index contributed by atoms with van der Waals surface area (Å²) in [4.78, 5) is 27.6. The van der Waals surface area contributed by atoms with Crippen LogP contribution in [0.25, 0.3) is 0 Å². The van der Waals surface area contributed by atoms with Gasteiger partial charge in [0.15, 0.2) is 6.04 Å². The molecule has 0 saturated heterocycles. The van der Waals surface area contributed by atoms with Gasteiger partial charge in [-0.3, -0.25) is 10.1 Å². The zero-order valence-corrected chi connectivity index (χ0v) is 17.5. The van der Waals surface area contributed by atoms with Crippen LogP contribution in [0, 0.1) is 24.7 Å². The number of hydrogen-bond donors (Lipinski definition) is 3. The molecule has 1 heterocycles. The van der Waals surface area contributed by atoms with Gasteiger partial charge < -0.3 is 10.2 Å². The van der Waals surface area contributed by atoms with Crippen molar-refractivity contribution >= 4 is 23.3 Å². The number of amides is 3. The van der Waals surface area contributed by atoms with Gasteiger partial charge in [0.1, 0.15) is 6.54 Å². The smallest absolute Gasteiger partial charge is 0.322 e. The number of aryl methyl sites for hydroxylation is 1. The molecule has 4 aliphatic rings. The summed E-state index contributed by atoms with van der Waals surface area (Å²) in [6.45, 7) is 4.79. The predicted molar refractivity (Wildman–Crippen MR) is 107 cm³/mol. The fraction of sp³-hybridized carbons (Fsp3) is 0.714. The first-order valence-corrected chi connectivity index (χ1v) is 11.2. The molecule has 3 amide bonds. The first-order valence-electron chi connectivity index (χ1n) is 10.3. The number of hydrogen-bond acceptors (Lipinski definition) is 3. The van der Waals surface area contributed by atoms with E-state index in [1.807, 2.05) is 14.0 Å². The molecule has 0 aromatic carbocycles. The second-order valence-corrected chi connectivity index (χ2v) is 10.4. The third-order valence-electron chi connectivity index (χ3n) is 7.19. The maximum Gasteiger partial charge on any atom is 0.322 e. The molecular weight excluding hydrogens is 358 g/mol. The third-order valence-corrected chi connectivity index (χ3v) is 8.22. The second kappa shape index (κ2) is 7.21. The number of quaternary nitrogens is 1. The van der Waals surface area contributed by atoms with Crippen LogP contribution in [0.15, 0.2) is 11.4 Å². The summed E-state index contributed by atoms with van der Waals surface area (Å²) >= 11 is 1.73. The Balaban J connectivity index is 1.31. The van der Waals surface area contributed by atoms with Crippen LogP contribution >= 0.6 is 11.3 Å². The van der Waals surface area contributed by atoms with Crippen LogP contribution in [-0.4, -0.2) is 30.6 Å². The molecule has 3 N–H and O–H groups in total. The summed E-state index contributed by atoms with van der Waals surface area (Å²) in [7, 11) is 2.01. The van der Waals surface area contributed by atoms with Crippen molar-refractivity contribution in [3.63, 3.8) is 0 Å². The fourth-order valence-corrected chi connectivity index (χ4v) is 6.97. The molecule has 1 aromatic heterocycles. The number of rotatable bonds is 5. The molecule has 27 heavy (non-hydrogen) atoms. The SMILES string of the molecule is Cc1ccsc1C[NH+](C)[C@H](C)C(=O)NC(=O)NC12CC3CC(CC(C3)C1)C2. The number of thiophene rings is 1. The minimum Gasteiger partial charge on any atom is -0.332 e. The molecular formula is C21H32N3O2S+. The van der Waals surface area contributed by atoms with E-state index in [2.05, 4.69) is 29.0 Å². The molecule has 6 heteroatoms. The summed E-state index contributed by atoms with van der Waals surface area (Å²) in [5.41, 5.74) is 1.21. The zero-order valence-electron chi connectivity index (χ0n) is 16.6. The van der Waals surface area contributed by atoms with Crippen molar-refractivity contribution in [3.8, 4) is 0 Å². The van der Waals surface area contributed by atoms with E-state index < -0.39 is 0 Å². The van der Waals surface area contributed by atoms with E-state index in [0.717, 1.165) is 48.5 Å². The monoisotopic (exact) mass is 390 g/mol. The maximum atomic E-state index is 12.6. The van der Waals surface area contributed by atoms with Crippen molar-refractivity contribution in [3.05, 3.63) is 21.9 Å². The molecule has 0 spiro atoms. The van der Waals surface area contributed by atoms with Crippen molar-refractivity contribution in [2.45, 2.75) is 70.5 Å². The maximum absolute atomic E-state index is 12.6. The molecule has 4 bridgehead atoms. The second-order valence-electron chi connectivity index (χ2n) is 9.41. The fourth-order valence-electron chi connectivity index (χ4n) is 5.97. The van der Waals surface area contributed by atoms with E-state index in [1.54, 1.807) is 11.3 Å². The van der Waals surface area contributed by atoms with Gasteiger partial charge in [0.25, 0.3) is 5.91 Å². The van der Waals surface area contributed by atoms with E-state index in [-0.39, 0.29) is 23.5 Å². The molecule has 0 radical (unpaired) electrons. The molecule has 4 saturated carbocycles. The van der Waals surface area contributed by atoms with Crippen LogP contribution in [0.5, 0.6) is 0 Å². The van der Waals surface area contributed by atoms with Gasteiger partial charge in [-0.2, -0.15) is 0 Å². The highest BCUT2D eigenvalue weighted by molar-refractivity contribution is 7.10. The highest BCUT2D eigenvalue weighted by Crippen LogP contribution is 2.55. The van der Waals surface area contributed by atoms with E-state index in [9.17, 15) is 9.59 Å². The van der Waals surface area contributed by atoms with Crippen LogP contribution in [0.1, 0.15) is 55.9 Å². The van der Waals surface area contributed by atoms with Gasteiger partial charge in [0, 0.05) is 5.54 Å². The van der Waals surface area contributed by atoms with Crippen LogP contribution in [-0.2, 0) is 11.3 Å². The molecule has 5 rings (SSSR count). The predicted octanol–water partition coefficient (Wildman–Crippen LogP) is 2.25. The number of imide groups is 1. The summed E-state index contributed by atoms with van der Waals surface area (Å²) in [6.07, 6.45) is 7.31. The highest BCUT2D eigenvalue weighted by atomic mass is 32.1. The van der Waals surface area contributed by atoms with E-state index in [1.165, 1.54) is 29.7 Å². The number of carbonyl (C=O) groups is 2. The van der Waals surface area contributed by atoms with E-state index in [0.29, 0.717) is 0 Å². The largest absolute Gasteiger partial charge is 0.332 e. The normalized spacial score (nSPS) is 33.5. The number of likely N-dealkylation sites (N-methyl/N-ethyl adjacent to an activating group) is 1. The van der Waals surface area contributed by atoms with Crippen LogP contribution in [0.4, 0.5) is 4.79 Å². The van der Waals surface area contributed by atoms with E-state index >= 15 is 0 Å². The lowest BCUT2D eigenvalue weighted by molar-refractivity contribution is -0.907. The summed E-state index contributed by atoms with van der Waals surface area (Å²) in [6, 6.07) is 1.54. The summed E-state index contributed by atoms with van der Waals surface area (Å²) < 4.78 is 0. The molecule has 1 unspecified atom stereocenters. The average Bonchev–Trinajstić information content (AvgIpc) is 2.96. The first-order chi connectivity index (χ1) is 12.8. The van der Waals surface area contributed by atoms with Crippen molar-refractivity contribution in [2.75, 3.05) is 7.05 Å². The highest BCUT2D eigenvalue weighted by Gasteiger charge is 2.51. The Morgan fingerprint density at radius 2 is 1.81 bits per heavy atom. The Kier molecular flexibility index (Phi) is 5.06. The Morgan fingerprint density at radius 3 is 2.33 bits per heavy atom. The Labute approximate surface area is 165 Å². The van der Waals surface area contributed by atoms with Gasteiger partial charge in [0.2, 0.25) is 0 Å². The van der Waals surface area contributed by atoms with Gasteiger partial charge in [-0.05, 0) is 87.1 Å². The zero-order chi connectivity index (χ0) is 19.2. The molecule has 5 nitrogen and oxygen atoms in total. The Morgan fingerprint density at radius 1 is 1.22 bits per heavy atom. The summed E-state index contributed by atoms with van der Waals surface area (Å²) in [5.74, 6) is 2.13. The molecule has 1 aromatic rings. The average molecular weight is 391 g/mol.